The van der Waals surface area contributed by atoms with Crippen LogP contribution in [-0.2, 0) is 25.7 Å². The highest BCUT2D eigenvalue weighted by molar-refractivity contribution is 5.80. The Balaban J connectivity index is 1.87. The molecular weight excluding hydrogens is 298 g/mol. The lowest BCUT2D eigenvalue weighted by Crippen LogP contribution is -2.52. The van der Waals surface area contributed by atoms with Gasteiger partial charge < -0.3 is 19.5 Å². The lowest BCUT2D eigenvalue weighted by atomic mass is 9.80. The number of piperidine rings is 1. The molecule has 6 heteroatoms. The lowest BCUT2D eigenvalue weighted by Gasteiger charge is -2.39. The summed E-state index contributed by atoms with van der Waals surface area (Å²) >= 11 is 0. The van der Waals surface area contributed by atoms with Gasteiger partial charge in [-0.3, -0.25) is 9.59 Å². The lowest BCUT2D eigenvalue weighted by molar-refractivity contribution is -0.160. The summed E-state index contributed by atoms with van der Waals surface area (Å²) in [5, 5.41) is 9.49. The van der Waals surface area contributed by atoms with E-state index in [0.717, 1.165) is 5.56 Å². The van der Waals surface area contributed by atoms with E-state index >= 15 is 0 Å². The number of benzene rings is 1. The first-order chi connectivity index (χ1) is 11.1. The molecule has 1 saturated heterocycles. The van der Waals surface area contributed by atoms with Crippen molar-refractivity contribution in [3.8, 4) is 0 Å². The van der Waals surface area contributed by atoms with E-state index in [2.05, 4.69) is 0 Å². The van der Waals surface area contributed by atoms with Crippen molar-refractivity contribution in [2.24, 2.45) is 5.41 Å². The Morgan fingerprint density at radius 3 is 2.70 bits per heavy atom. The first-order valence-electron chi connectivity index (χ1n) is 7.69. The van der Waals surface area contributed by atoms with Crippen molar-refractivity contribution in [1.82, 2.24) is 4.90 Å². The summed E-state index contributed by atoms with van der Waals surface area (Å²) in [5.41, 5.74) is -0.0135. The number of aliphatic carboxylic acids is 1. The predicted molar refractivity (Wildman–Crippen MR) is 83.9 cm³/mol. The molecule has 23 heavy (non-hydrogen) atoms. The van der Waals surface area contributed by atoms with Gasteiger partial charge in [0.15, 0.2) is 0 Å². The van der Waals surface area contributed by atoms with Crippen LogP contribution >= 0.6 is 0 Å². The normalized spacial score (nSPS) is 21.2. The Labute approximate surface area is 136 Å². The molecule has 1 aliphatic rings. The molecule has 1 heterocycles. The van der Waals surface area contributed by atoms with Crippen LogP contribution in [0.2, 0.25) is 0 Å². The monoisotopic (exact) mass is 321 g/mol. The highest BCUT2D eigenvalue weighted by Gasteiger charge is 2.43. The van der Waals surface area contributed by atoms with Gasteiger partial charge in [0.05, 0.1) is 13.2 Å². The number of hydrogen-bond donors (Lipinski definition) is 1. The van der Waals surface area contributed by atoms with E-state index in [1.54, 1.807) is 4.90 Å². The van der Waals surface area contributed by atoms with E-state index in [1.807, 2.05) is 30.3 Å². The first kappa shape index (κ1) is 17.4. The van der Waals surface area contributed by atoms with Crippen LogP contribution in [0, 0.1) is 5.41 Å². The van der Waals surface area contributed by atoms with Gasteiger partial charge in [-0.2, -0.15) is 0 Å². The number of amides is 1. The topological polar surface area (TPSA) is 76.1 Å². The molecule has 1 aromatic rings. The number of likely N-dealkylation sites (tertiary alicyclic amines) is 1. The molecule has 0 bridgehead atoms. The molecule has 0 aromatic heterocycles. The molecule has 0 saturated carbocycles. The summed E-state index contributed by atoms with van der Waals surface area (Å²) < 4.78 is 10.5. The highest BCUT2D eigenvalue weighted by atomic mass is 16.5. The molecule has 0 aliphatic carbocycles. The number of carbonyl (C=O) groups is 2. The Morgan fingerprint density at radius 1 is 1.30 bits per heavy atom. The molecule has 1 aliphatic heterocycles. The summed E-state index contributed by atoms with van der Waals surface area (Å²) in [7, 11) is 1.48. The zero-order valence-electron chi connectivity index (χ0n) is 13.4. The van der Waals surface area contributed by atoms with Crippen molar-refractivity contribution in [2.45, 2.75) is 19.4 Å². The largest absolute Gasteiger partial charge is 0.481 e. The van der Waals surface area contributed by atoms with Gasteiger partial charge in [-0.05, 0) is 18.4 Å². The molecule has 6 nitrogen and oxygen atoms in total. The molecule has 1 atom stereocenters. The van der Waals surface area contributed by atoms with Gasteiger partial charge in [0.2, 0.25) is 5.91 Å². The molecule has 1 N–H and O–H groups in total. The first-order valence-corrected chi connectivity index (χ1v) is 7.69. The van der Waals surface area contributed by atoms with Crippen LogP contribution in [0.3, 0.4) is 0 Å². The SMILES string of the molecule is COCC1(C(=O)O)CCCN(C(=O)COCc2ccccc2)C1. The Hall–Kier alpha value is -1.92. The fourth-order valence-corrected chi connectivity index (χ4v) is 2.90. The third-order valence-electron chi connectivity index (χ3n) is 4.14. The van der Waals surface area contributed by atoms with E-state index in [4.69, 9.17) is 9.47 Å². The van der Waals surface area contributed by atoms with Crippen LogP contribution in [0.15, 0.2) is 30.3 Å². The number of rotatable bonds is 7. The average molecular weight is 321 g/mol. The summed E-state index contributed by atoms with van der Waals surface area (Å²) in [6.07, 6.45) is 1.17. The quantitative estimate of drug-likeness (QED) is 0.824. The minimum atomic E-state index is -1.01. The van der Waals surface area contributed by atoms with Crippen molar-refractivity contribution in [3.63, 3.8) is 0 Å². The fourth-order valence-electron chi connectivity index (χ4n) is 2.90. The van der Waals surface area contributed by atoms with Crippen molar-refractivity contribution in [1.29, 1.82) is 0 Å². The third kappa shape index (κ3) is 4.53. The van der Waals surface area contributed by atoms with Crippen LogP contribution in [0.25, 0.3) is 0 Å². The van der Waals surface area contributed by atoms with Gasteiger partial charge in [0.25, 0.3) is 0 Å². The molecule has 0 spiro atoms. The van der Waals surface area contributed by atoms with Crippen LogP contribution in [0.4, 0.5) is 0 Å². The standard InChI is InChI=1S/C17H23NO5/c1-22-13-17(16(20)21)8-5-9-18(12-17)15(19)11-23-10-14-6-3-2-4-7-14/h2-4,6-7H,5,8-13H2,1H3,(H,20,21). The number of ether oxygens (including phenoxy) is 2. The maximum Gasteiger partial charge on any atom is 0.313 e. The molecule has 0 radical (unpaired) electrons. The number of carbonyl (C=O) groups excluding carboxylic acids is 1. The summed E-state index contributed by atoms with van der Waals surface area (Å²) in [6, 6.07) is 9.61. The minimum absolute atomic E-state index is 0.0441. The highest BCUT2D eigenvalue weighted by Crippen LogP contribution is 2.30. The average Bonchev–Trinajstić information content (AvgIpc) is 2.56. The van der Waals surface area contributed by atoms with Gasteiger partial charge in [0, 0.05) is 20.2 Å². The van der Waals surface area contributed by atoms with Crippen LogP contribution in [0.1, 0.15) is 18.4 Å². The zero-order chi connectivity index (χ0) is 16.7. The minimum Gasteiger partial charge on any atom is -0.481 e. The maximum atomic E-state index is 12.3. The van der Waals surface area contributed by atoms with Gasteiger partial charge in [-0.15, -0.1) is 0 Å². The van der Waals surface area contributed by atoms with E-state index in [0.29, 0.717) is 26.0 Å². The van der Waals surface area contributed by atoms with Crippen LogP contribution in [-0.4, -0.2) is 55.3 Å². The van der Waals surface area contributed by atoms with Gasteiger partial charge in [-0.25, -0.2) is 0 Å². The van der Waals surface area contributed by atoms with E-state index in [-0.39, 0.29) is 25.7 Å². The summed E-state index contributed by atoms with van der Waals surface area (Å²) in [5.74, 6) is -1.09. The second kappa shape index (κ2) is 8.08. The Morgan fingerprint density at radius 2 is 2.04 bits per heavy atom. The molecule has 1 unspecified atom stereocenters. The smallest absolute Gasteiger partial charge is 0.313 e. The van der Waals surface area contributed by atoms with Crippen molar-refractivity contribution < 1.29 is 24.2 Å². The molecule has 126 valence electrons. The molecule has 1 aromatic carbocycles. The summed E-state index contributed by atoms with van der Waals surface area (Å²) in [4.78, 5) is 25.4. The second-order valence-electron chi connectivity index (χ2n) is 5.92. The summed E-state index contributed by atoms with van der Waals surface area (Å²) in [6.45, 7) is 1.16. The van der Waals surface area contributed by atoms with Crippen molar-refractivity contribution in [3.05, 3.63) is 35.9 Å². The van der Waals surface area contributed by atoms with E-state index in [9.17, 15) is 14.7 Å². The van der Waals surface area contributed by atoms with Crippen molar-refractivity contribution >= 4 is 11.9 Å². The number of nitrogens with zero attached hydrogens (tertiary/aromatic N) is 1. The van der Waals surface area contributed by atoms with Gasteiger partial charge in [-0.1, -0.05) is 30.3 Å². The van der Waals surface area contributed by atoms with E-state index < -0.39 is 11.4 Å². The van der Waals surface area contributed by atoms with Gasteiger partial charge >= 0.3 is 5.97 Å². The second-order valence-corrected chi connectivity index (χ2v) is 5.92. The van der Waals surface area contributed by atoms with Gasteiger partial charge in [0.1, 0.15) is 12.0 Å². The fraction of sp³-hybridized carbons (Fsp3) is 0.529. The molecular formula is C17H23NO5. The zero-order valence-corrected chi connectivity index (χ0v) is 13.4. The predicted octanol–water partition coefficient (Wildman–Crippen LogP) is 1.54. The molecule has 2 rings (SSSR count). The third-order valence-corrected chi connectivity index (χ3v) is 4.14. The van der Waals surface area contributed by atoms with Crippen molar-refractivity contribution in [2.75, 3.05) is 33.4 Å². The number of carboxylic acid groups (broad SMARTS) is 1. The molecule has 1 amide bonds. The van der Waals surface area contributed by atoms with Crippen LogP contribution < -0.4 is 0 Å². The Bertz CT molecular complexity index is 529. The number of carboxylic acids is 1. The molecule has 1 fully saturated rings. The van der Waals surface area contributed by atoms with Crippen LogP contribution in [0.5, 0.6) is 0 Å². The van der Waals surface area contributed by atoms with E-state index in [1.165, 1.54) is 7.11 Å². The number of hydrogen-bond acceptors (Lipinski definition) is 4. The Kier molecular flexibility index (Phi) is 6.12. The number of methoxy groups -OCH3 is 1. The maximum absolute atomic E-state index is 12.3.